The monoisotopic (exact) mass is 323 g/mol. The number of benzene rings is 1. The van der Waals surface area contributed by atoms with Crippen LogP contribution in [0.25, 0.3) is 0 Å². The van der Waals surface area contributed by atoms with Crippen LogP contribution in [0, 0.1) is 0 Å². The van der Waals surface area contributed by atoms with Crippen LogP contribution in [-0.2, 0) is 0 Å². The summed E-state index contributed by atoms with van der Waals surface area (Å²) < 4.78 is 0.728. The number of carbonyl (C=O) groups excluding carboxylic acids is 1. The van der Waals surface area contributed by atoms with Gasteiger partial charge in [0.15, 0.2) is 0 Å². The first-order valence-corrected chi connectivity index (χ1v) is 7.18. The predicted octanol–water partition coefficient (Wildman–Crippen LogP) is 2.27. The lowest BCUT2D eigenvalue weighted by Gasteiger charge is -2.15. The minimum absolute atomic E-state index is 0.420. The van der Waals surface area contributed by atoms with Crippen LogP contribution in [0.4, 0.5) is 5.69 Å². The summed E-state index contributed by atoms with van der Waals surface area (Å²) in [6, 6.07) is 5.59. The van der Waals surface area contributed by atoms with Gasteiger partial charge in [0.2, 0.25) is 0 Å². The topological polar surface area (TPSA) is 67.2 Å². The summed E-state index contributed by atoms with van der Waals surface area (Å²) in [6.45, 7) is 2.82. The van der Waals surface area contributed by atoms with Crippen LogP contribution in [0.3, 0.4) is 0 Å². The average molecular weight is 324 g/mol. The number of halogens is 1. The molecule has 0 spiro atoms. The highest BCUT2D eigenvalue weighted by Gasteiger charge is 2.11. The maximum Gasteiger partial charge on any atom is 0.251 e. The van der Waals surface area contributed by atoms with Crippen molar-refractivity contribution < 1.29 is 4.79 Å². The number of primary amides is 1. The van der Waals surface area contributed by atoms with Crippen LogP contribution in [0.15, 0.2) is 34.3 Å². The molecule has 4 N–H and O–H groups in total. The smallest absolute Gasteiger partial charge is 0.251 e. The Labute approximate surface area is 121 Å². The van der Waals surface area contributed by atoms with Crippen LogP contribution in [-0.4, -0.2) is 25.5 Å². The van der Waals surface area contributed by atoms with Gasteiger partial charge in [0.1, 0.15) is 0 Å². The van der Waals surface area contributed by atoms with Crippen LogP contribution in [0.2, 0.25) is 0 Å². The van der Waals surface area contributed by atoms with Gasteiger partial charge < -0.3 is 16.4 Å². The van der Waals surface area contributed by atoms with Gasteiger partial charge in [-0.05, 0) is 47.4 Å². The van der Waals surface area contributed by atoms with Gasteiger partial charge in [0.05, 0.1) is 5.56 Å². The Bertz CT molecular complexity index is 499. The normalized spacial score (nSPS) is 14.9. The van der Waals surface area contributed by atoms with Crippen molar-refractivity contribution in [3.05, 3.63) is 39.9 Å². The highest BCUT2D eigenvalue weighted by Crippen LogP contribution is 2.24. The van der Waals surface area contributed by atoms with E-state index in [0.29, 0.717) is 5.56 Å². The number of carbonyl (C=O) groups is 1. The number of rotatable bonds is 5. The first-order chi connectivity index (χ1) is 9.18. The fraction of sp³-hybridized carbons (Fsp3) is 0.357. The van der Waals surface area contributed by atoms with Gasteiger partial charge in [-0.2, -0.15) is 0 Å². The molecule has 102 valence electrons. The third-order valence-corrected chi connectivity index (χ3v) is 3.84. The Morgan fingerprint density at radius 3 is 3.00 bits per heavy atom. The van der Waals surface area contributed by atoms with Crippen LogP contribution in [0.1, 0.15) is 23.2 Å². The third-order valence-electron chi connectivity index (χ3n) is 3.18. The second-order valence-corrected chi connectivity index (χ2v) is 5.37. The van der Waals surface area contributed by atoms with Gasteiger partial charge in [-0.1, -0.05) is 17.7 Å². The first kappa shape index (κ1) is 14.1. The standard InChI is InChI=1S/C14H18BrN3O/c15-11-2-1-3-12(13(11)14(16)19)18-9-6-10-4-7-17-8-5-10/h1-4,17-18H,5-9H2,(H2,16,19). The SMILES string of the molecule is NC(=O)c1c(Br)cccc1NCCC1=CCNCC1. The Balaban J connectivity index is 1.97. The summed E-state index contributed by atoms with van der Waals surface area (Å²) in [4.78, 5) is 11.4. The molecule has 1 aromatic carbocycles. The lowest BCUT2D eigenvalue weighted by Crippen LogP contribution is -2.21. The zero-order valence-electron chi connectivity index (χ0n) is 10.7. The van der Waals surface area contributed by atoms with Crippen molar-refractivity contribution in [2.24, 2.45) is 5.73 Å². The molecular weight excluding hydrogens is 306 g/mol. The summed E-state index contributed by atoms with van der Waals surface area (Å²) >= 11 is 3.36. The Hall–Kier alpha value is -1.33. The van der Waals surface area contributed by atoms with Crippen molar-refractivity contribution in [2.75, 3.05) is 25.0 Å². The van der Waals surface area contributed by atoms with E-state index in [1.54, 1.807) is 0 Å². The molecule has 1 aliphatic heterocycles. The maximum atomic E-state index is 11.4. The van der Waals surface area contributed by atoms with Crippen molar-refractivity contribution in [3.63, 3.8) is 0 Å². The van der Waals surface area contributed by atoms with Gasteiger partial charge >= 0.3 is 0 Å². The molecule has 0 atom stereocenters. The number of amides is 1. The van der Waals surface area contributed by atoms with Crippen molar-refractivity contribution in [2.45, 2.75) is 12.8 Å². The number of hydrogen-bond donors (Lipinski definition) is 3. The molecule has 0 aromatic heterocycles. The number of nitrogens with one attached hydrogen (secondary N) is 2. The zero-order chi connectivity index (χ0) is 13.7. The fourth-order valence-electron chi connectivity index (χ4n) is 2.18. The molecule has 2 rings (SSSR count). The molecule has 19 heavy (non-hydrogen) atoms. The molecule has 1 amide bonds. The summed E-state index contributed by atoms with van der Waals surface area (Å²) in [7, 11) is 0. The Morgan fingerprint density at radius 1 is 1.47 bits per heavy atom. The summed E-state index contributed by atoms with van der Waals surface area (Å²) in [5, 5.41) is 6.58. The molecule has 0 saturated carbocycles. The Morgan fingerprint density at radius 2 is 2.32 bits per heavy atom. The molecule has 4 nitrogen and oxygen atoms in total. The quantitative estimate of drug-likeness (QED) is 0.728. The van der Waals surface area contributed by atoms with Gasteiger partial charge in [0.25, 0.3) is 5.91 Å². The maximum absolute atomic E-state index is 11.4. The molecule has 0 aliphatic carbocycles. The molecular formula is C14H18BrN3O. The highest BCUT2D eigenvalue weighted by molar-refractivity contribution is 9.10. The first-order valence-electron chi connectivity index (χ1n) is 6.39. The summed E-state index contributed by atoms with van der Waals surface area (Å²) in [5.41, 5.74) is 8.17. The molecule has 1 aliphatic rings. The second-order valence-electron chi connectivity index (χ2n) is 4.52. The summed E-state index contributed by atoms with van der Waals surface area (Å²) in [5.74, 6) is -0.420. The van der Waals surface area contributed by atoms with Crippen molar-refractivity contribution in [3.8, 4) is 0 Å². The van der Waals surface area contributed by atoms with Crippen LogP contribution >= 0.6 is 15.9 Å². The summed E-state index contributed by atoms with van der Waals surface area (Å²) in [6.07, 6.45) is 4.33. The molecule has 0 fully saturated rings. The van der Waals surface area contributed by atoms with E-state index < -0.39 is 5.91 Å². The van der Waals surface area contributed by atoms with Gasteiger partial charge in [0, 0.05) is 23.2 Å². The number of nitrogens with two attached hydrogens (primary N) is 1. The zero-order valence-corrected chi connectivity index (χ0v) is 12.3. The van der Waals surface area contributed by atoms with Gasteiger partial charge in [-0.25, -0.2) is 0 Å². The van der Waals surface area contributed by atoms with Crippen LogP contribution in [0.5, 0.6) is 0 Å². The molecule has 5 heteroatoms. The fourth-order valence-corrected chi connectivity index (χ4v) is 2.74. The van der Waals surface area contributed by atoms with E-state index in [4.69, 9.17) is 5.73 Å². The van der Waals surface area contributed by atoms with Crippen LogP contribution < -0.4 is 16.4 Å². The van der Waals surface area contributed by atoms with E-state index in [1.165, 1.54) is 5.57 Å². The molecule has 0 saturated heterocycles. The average Bonchev–Trinajstić information content (AvgIpc) is 2.39. The molecule has 0 unspecified atom stereocenters. The second kappa shape index (κ2) is 6.73. The van der Waals surface area contributed by atoms with E-state index >= 15 is 0 Å². The van der Waals surface area contributed by atoms with E-state index in [-0.39, 0.29) is 0 Å². The van der Waals surface area contributed by atoms with Crippen molar-refractivity contribution in [1.82, 2.24) is 5.32 Å². The van der Waals surface area contributed by atoms with E-state index in [1.807, 2.05) is 18.2 Å². The molecule has 0 radical (unpaired) electrons. The van der Waals surface area contributed by atoms with Crippen molar-refractivity contribution >= 4 is 27.5 Å². The molecule has 1 aromatic rings. The molecule has 1 heterocycles. The largest absolute Gasteiger partial charge is 0.384 e. The van der Waals surface area contributed by atoms with Gasteiger partial charge in [-0.15, -0.1) is 0 Å². The molecule has 0 bridgehead atoms. The Kier molecular flexibility index (Phi) is 4.99. The van der Waals surface area contributed by atoms with E-state index in [9.17, 15) is 4.79 Å². The number of anilines is 1. The number of hydrogen-bond acceptors (Lipinski definition) is 3. The lowest BCUT2D eigenvalue weighted by atomic mass is 10.1. The highest BCUT2D eigenvalue weighted by atomic mass is 79.9. The minimum Gasteiger partial charge on any atom is -0.384 e. The third kappa shape index (κ3) is 3.81. The predicted molar refractivity (Wildman–Crippen MR) is 81.3 cm³/mol. The van der Waals surface area contributed by atoms with Gasteiger partial charge in [-0.3, -0.25) is 4.79 Å². The minimum atomic E-state index is -0.420. The lowest BCUT2D eigenvalue weighted by molar-refractivity contribution is 0.100. The van der Waals surface area contributed by atoms with Crippen molar-refractivity contribution in [1.29, 1.82) is 0 Å². The van der Waals surface area contributed by atoms with E-state index in [0.717, 1.165) is 42.6 Å². The van der Waals surface area contributed by atoms with E-state index in [2.05, 4.69) is 32.6 Å².